The van der Waals surface area contributed by atoms with Gasteiger partial charge in [0.25, 0.3) is 5.56 Å². The molecule has 192 valence electrons. The van der Waals surface area contributed by atoms with Crippen LogP contribution >= 0.6 is 11.6 Å². The fraction of sp³-hybridized carbons (Fsp3) is 0.148. The molecule has 0 radical (unpaired) electrons. The number of halogens is 1. The molecular formula is C27H21ClN4O6. The van der Waals surface area contributed by atoms with E-state index in [9.17, 15) is 19.2 Å². The Kier molecular flexibility index (Phi) is 6.12. The summed E-state index contributed by atoms with van der Waals surface area (Å²) in [6.45, 7) is 3.24. The Morgan fingerprint density at radius 3 is 2.47 bits per heavy atom. The van der Waals surface area contributed by atoms with Crippen molar-refractivity contribution in [3.63, 3.8) is 0 Å². The van der Waals surface area contributed by atoms with Gasteiger partial charge in [-0.15, -0.1) is 0 Å². The number of aryl methyl sites for hydroxylation is 4. The molecule has 0 saturated heterocycles. The first-order chi connectivity index (χ1) is 18.1. The highest BCUT2D eigenvalue weighted by atomic mass is 35.5. The maximum atomic E-state index is 13.8. The van der Waals surface area contributed by atoms with E-state index >= 15 is 0 Å². The summed E-state index contributed by atoms with van der Waals surface area (Å²) in [6.07, 6.45) is 1.33. The third-order valence-corrected chi connectivity index (χ3v) is 6.55. The molecule has 38 heavy (non-hydrogen) atoms. The lowest BCUT2D eigenvalue weighted by molar-refractivity contribution is 0.0684. The van der Waals surface area contributed by atoms with E-state index in [0.717, 1.165) is 4.57 Å². The summed E-state index contributed by atoms with van der Waals surface area (Å²) >= 11 is 6.11. The number of carbonyl (C=O) groups excluding carboxylic acids is 2. The van der Waals surface area contributed by atoms with Gasteiger partial charge in [-0.3, -0.25) is 14.2 Å². The summed E-state index contributed by atoms with van der Waals surface area (Å²) in [5, 5.41) is 4.80. The molecule has 0 aliphatic rings. The zero-order valence-corrected chi connectivity index (χ0v) is 21.6. The van der Waals surface area contributed by atoms with Crippen molar-refractivity contribution in [3.8, 4) is 11.6 Å². The fourth-order valence-corrected chi connectivity index (χ4v) is 4.65. The van der Waals surface area contributed by atoms with Gasteiger partial charge in [0.2, 0.25) is 17.4 Å². The van der Waals surface area contributed by atoms with E-state index in [1.165, 1.54) is 33.7 Å². The van der Waals surface area contributed by atoms with E-state index in [-0.39, 0.29) is 28.2 Å². The number of esters is 1. The maximum absolute atomic E-state index is 13.8. The van der Waals surface area contributed by atoms with Crippen molar-refractivity contribution in [2.75, 3.05) is 0 Å². The normalized spacial score (nSPS) is 11.2. The average molecular weight is 533 g/mol. The first-order valence-corrected chi connectivity index (χ1v) is 11.8. The van der Waals surface area contributed by atoms with Crippen LogP contribution in [0, 0.1) is 13.8 Å². The monoisotopic (exact) mass is 532 g/mol. The molecule has 2 aromatic carbocycles. The van der Waals surface area contributed by atoms with Crippen molar-refractivity contribution in [3.05, 3.63) is 109 Å². The minimum Gasteiger partial charge on any atom is -0.457 e. The van der Waals surface area contributed by atoms with Gasteiger partial charge in [0.1, 0.15) is 5.56 Å². The van der Waals surface area contributed by atoms with Gasteiger partial charge < -0.3 is 9.15 Å². The van der Waals surface area contributed by atoms with Gasteiger partial charge in [0, 0.05) is 24.7 Å². The largest absolute Gasteiger partial charge is 0.457 e. The van der Waals surface area contributed by atoms with Crippen molar-refractivity contribution < 1.29 is 18.7 Å². The van der Waals surface area contributed by atoms with Gasteiger partial charge in [-0.25, -0.2) is 18.8 Å². The molecule has 0 N–H and O–H groups in total. The SMILES string of the molecule is Cc1nn(C)c(OC(=O)c2ccco2)c1C(=O)c1ccc2c(c1C)c(=O)n(-c1cccc(Cl)c1)c(=O)n2C. The number of benzene rings is 2. The van der Waals surface area contributed by atoms with E-state index in [1.807, 2.05) is 0 Å². The van der Waals surface area contributed by atoms with Crippen LogP contribution in [-0.4, -0.2) is 30.7 Å². The molecule has 0 aliphatic heterocycles. The molecule has 11 heteroatoms. The van der Waals surface area contributed by atoms with Crippen LogP contribution in [0.3, 0.4) is 0 Å². The summed E-state index contributed by atoms with van der Waals surface area (Å²) in [4.78, 5) is 53.1. The number of aromatic nitrogens is 4. The molecule has 0 fully saturated rings. The number of furan rings is 1. The summed E-state index contributed by atoms with van der Waals surface area (Å²) in [5.74, 6) is -1.39. The first kappa shape index (κ1) is 25.0. The number of nitrogens with zero attached hydrogens (tertiary/aromatic N) is 4. The fourth-order valence-electron chi connectivity index (χ4n) is 4.47. The quantitative estimate of drug-likeness (QED) is 0.250. The highest BCUT2D eigenvalue weighted by molar-refractivity contribution is 6.30. The van der Waals surface area contributed by atoms with Gasteiger partial charge >= 0.3 is 11.7 Å². The van der Waals surface area contributed by atoms with Gasteiger partial charge in [-0.2, -0.15) is 5.10 Å². The Bertz CT molecular complexity index is 1880. The Morgan fingerprint density at radius 1 is 1.03 bits per heavy atom. The number of hydrogen-bond acceptors (Lipinski definition) is 7. The molecule has 0 atom stereocenters. The lowest BCUT2D eigenvalue weighted by Crippen LogP contribution is -2.38. The molecule has 5 aromatic rings. The zero-order chi connectivity index (χ0) is 27.3. The van der Waals surface area contributed by atoms with Crippen LogP contribution in [0.4, 0.5) is 0 Å². The molecule has 3 aromatic heterocycles. The van der Waals surface area contributed by atoms with Crippen LogP contribution in [0.2, 0.25) is 5.02 Å². The zero-order valence-electron chi connectivity index (χ0n) is 20.8. The van der Waals surface area contributed by atoms with E-state index in [2.05, 4.69) is 5.10 Å². The Labute approximate surface area is 220 Å². The molecule has 0 spiro atoms. The molecule has 0 saturated carbocycles. The summed E-state index contributed by atoms with van der Waals surface area (Å²) in [5.41, 5.74) is 0.457. The summed E-state index contributed by atoms with van der Waals surface area (Å²) in [6, 6.07) is 12.4. The molecular weight excluding hydrogens is 512 g/mol. The van der Waals surface area contributed by atoms with Gasteiger partial charge in [-0.1, -0.05) is 17.7 Å². The second-order valence-electron chi connectivity index (χ2n) is 8.68. The van der Waals surface area contributed by atoms with Gasteiger partial charge in [-0.05, 0) is 61.9 Å². The Hall–Kier alpha value is -4.70. The third kappa shape index (κ3) is 3.95. The van der Waals surface area contributed by atoms with Crippen molar-refractivity contribution in [1.82, 2.24) is 18.9 Å². The predicted octanol–water partition coefficient (Wildman–Crippen LogP) is 3.74. The van der Waals surface area contributed by atoms with Crippen molar-refractivity contribution >= 4 is 34.3 Å². The topological polar surface area (TPSA) is 118 Å². The lowest BCUT2D eigenvalue weighted by Gasteiger charge is -2.15. The second-order valence-corrected chi connectivity index (χ2v) is 9.12. The van der Waals surface area contributed by atoms with Crippen LogP contribution in [0.15, 0.2) is 68.8 Å². The van der Waals surface area contributed by atoms with Crippen LogP contribution in [-0.2, 0) is 14.1 Å². The van der Waals surface area contributed by atoms with E-state index in [1.54, 1.807) is 58.3 Å². The van der Waals surface area contributed by atoms with E-state index < -0.39 is 23.0 Å². The number of carbonyl (C=O) groups is 2. The molecule has 10 nitrogen and oxygen atoms in total. The summed E-state index contributed by atoms with van der Waals surface area (Å²) in [7, 11) is 3.09. The minimum absolute atomic E-state index is 0.0355. The standard InChI is InChI=1S/C27H21ClN4O6/c1-14-18(23(33)22-15(2)29-31(4)25(22)38-26(35)20-9-6-12-37-20)10-11-19-21(14)24(34)32(27(36)30(19)3)17-8-5-7-16(28)13-17/h5-13H,1-4H3. The van der Waals surface area contributed by atoms with Gasteiger partial charge in [0.05, 0.1) is 28.5 Å². The van der Waals surface area contributed by atoms with Crippen molar-refractivity contribution in [2.45, 2.75) is 13.8 Å². The Balaban J connectivity index is 1.69. The van der Waals surface area contributed by atoms with Crippen LogP contribution in [0.25, 0.3) is 16.6 Å². The van der Waals surface area contributed by atoms with E-state index in [0.29, 0.717) is 27.5 Å². The molecule has 5 rings (SSSR count). The highest BCUT2D eigenvalue weighted by Crippen LogP contribution is 2.29. The van der Waals surface area contributed by atoms with Crippen LogP contribution in [0.1, 0.15) is 37.7 Å². The number of rotatable bonds is 5. The van der Waals surface area contributed by atoms with E-state index in [4.69, 9.17) is 20.8 Å². The molecule has 3 heterocycles. The van der Waals surface area contributed by atoms with Crippen LogP contribution in [0.5, 0.6) is 5.88 Å². The summed E-state index contributed by atoms with van der Waals surface area (Å²) < 4.78 is 14.2. The second kappa shape index (κ2) is 9.31. The highest BCUT2D eigenvalue weighted by Gasteiger charge is 2.28. The van der Waals surface area contributed by atoms with Gasteiger partial charge in [0.15, 0.2) is 0 Å². The molecule has 0 bridgehead atoms. The predicted molar refractivity (Wildman–Crippen MR) is 140 cm³/mol. The number of fused-ring (bicyclic) bond motifs is 1. The minimum atomic E-state index is -0.790. The maximum Gasteiger partial charge on any atom is 0.380 e. The molecule has 0 amide bonds. The first-order valence-electron chi connectivity index (χ1n) is 11.5. The lowest BCUT2D eigenvalue weighted by atomic mass is 9.96. The average Bonchev–Trinajstić information content (AvgIpc) is 3.50. The number of hydrogen-bond donors (Lipinski definition) is 0. The molecule has 0 unspecified atom stereocenters. The Morgan fingerprint density at radius 2 is 1.79 bits per heavy atom. The number of ether oxygens (including phenoxy) is 1. The number of ketones is 1. The molecule has 0 aliphatic carbocycles. The van der Waals surface area contributed by atoms with Crippen LogP contribution < -0.4 is 16.0 Å². The van der Waals surface area contributed by atoms with Crippen molar-refractivity contribution in [1.29, 1.82) is 0 Å². The third-order valence-electron chi connectivity index (χ3n) is 6.32. The van der Waals surface area contributed by atoms with Crippen molar-refractivity contribution in [2.24, 2.45) is 14.1 Å². The smallest absolute Gasteiger partial charge is 0.380 e.